The third-order valence-electron chi connectivity index (χ3n) is 6.97. The molecule has 34 heavy (non-hydrogen) atoms. The zero-order chi connectivity index (χ0) is 23.8. The Morgan fingerprint density at radius 3 is 2.35 bits per heavy atom. The zero-order valence-electron chi connectivity index (χ0n) is 18.9. The van der Waals surface area contributed by atoms with Crippen molar-refractivity contribution in [3.05, 3.63) is 48.5 Å². The van der Waals surface area contributed by atoms with Crippen molar-refractivity contribution in [2.45, 2.75) is 32.1 Å². The Morgan fingerprint density at radius 1 is 0.941 bits per heavy atom. The van der Waals surface area contributed by atoms with Gasteiger partial charge in [0.2, 0.25) is 17.7 Å². The number of carbonyl (C=O) groups is 4. The molecule has 0 N–H and O–H groups in total. The smallest absolute Gasteiger partial charge is 0.316 e. The summed E-state index contributed by atoms with van der Waals surface area (Å²) >= 11 is 0. The van der Waals surface area contributed by atoms with Gasteiger partial charge in [-0.1, -0.05) is 31.0 Å². The number of esters is 1. The van der Waals surface area contributed by atoms with Crippen molar-refractivity contribution in [1.29, 1.82) is 0 Å². The van der Waals surface area contributed by atoms with Crippen LogP contribution in [0.4, 0.5) is 11.4 Å². The van der Waals surface area contributed by atoms with Crippen LogP contribution in [0.1, 0.15) is 32.1 Å². The highest BCUT2D eigenvalue weighted by Gasteiger charge is 2.48. The molecule has 0 unspecified atom stereocenters. The van der Waals surface area contributed by atoms with Gasteiger partial charge in [-0.25, -0.2) is 4.90 Å². The Hall–Kier alpha value is -3.68. The number of rotatable bonds is 5. The van der Waals surface area contributed by atoms with Gasteiger partial charge in [-0.15, -0.1) is 0 Å². The molecular formula is C26H26N2O6. The minimum atomic E-state index is -0.640. The Labute approximate surface area is 197 Å². The predicted molar refractivity (Wildman–Crippen MR) is 123 cm³/mol. The third kappa shape index (κ3) is 3.83. The maximum atomic E-state index is 12.9. The lowest BCUT2D eigenvalue weighted by Crippen LogP contribution is -2.31. The lowest BCUT2D eigenvalue weighted by atomic mass is 9.81. The Bertz CT molecular complexity index is 1140. The Balaban J connectivity index is 1.30. The first-order valence-corrected chi connectivity index (χ1v) is 11.6. The fourth-order valence-electron chi connectivity index (χ4n) is 5.25. The van der Waals surface area contributed by atoms with Crippen LogP contribution in [0.5, 0.6) is 11.5 Å². The average molecular weight is 463 g/mol. The number of imide groups is 1. The molecule has 3 fully saturated rings. The molecule has 2 aromatic carbocycles. The summed E-state index contributed by atoms with van der Waals surface area (Å²) in [6, 6.07) is 13.6. The minimum Gasteiger partial charge on any atom is -0.495 e. The van der Waals surface area contributed by atoms with E-state index in [0.717, 1.165) is 25.7 Å². The second-order valence-corrected chi connectivity index (χ2v) is 9.01. The van der Waals surface area contributed by atoms with Crippen LogP contribution in [0, 0.1) is 17.8 Å². The topological polar surface area (TPSA) is 93.2 Å². The van der Waals surface area contributed by atoms with Crippen molar-refractivity contribution in [2.24, 2.45) is 17.8 Å². The summed E-state index contributed by atoms with van der Waals surface area (Å²) in [5.74, 6) is -1.42. The number of methoxy groups -OCH3 is 1. The molecule has 2 saturated heterocycles. The summed E-state index contributed by atoms with van der Waals surface area (Å²) in [6.45, 7) is 0.185. The fourth-order valence-corrected chi connectivity index (χ4v) is 5.25. The van der Waals surface area contributed by atoms with Crippen molar-refractivity contribution in [1.82, 2.24) is 0 Å². The molecule has 0 bridgehead atoms. The van der Waals surface area contributed by atoms with E-state index < -0.39 is 11.9 Å². The number of carbonyl (C=O) groups excluding carboxylic acids is 4. The maximum Gasteiger partial charge on any atom is 0.316 e. The van der Waals surface area contributed by atoms with E-state index in [-0.39, 0.29) is 48.3 Å². The highest BCUT2D eigenvalue weighted by atomic mass is 16.5. The second kappa shape index (κ2) is 8.93. The van der Waals surface area contributed by atoms with Crippen LogP contribution in [0.15, 0.2) is 48.5 Å². The normalized spacial score (nSPS) is 24.4. The molecule has 3 atom stereocenters. The summed E-state index contributed by atoms with van der Waals surface area (Å²) in [5, 5.41) is 0. The van der Waals surface area contributed by atoms with Crippen molar-refractivity contribution >= 4 is 35.1 Å². The van der Waals surface area contributed by atoms with Crippen LogP contribution in [0.3, 0.4) is 0 Å². The van der Waals surface area contributed by atoms with Crippen LogP contribution in [-0.4, -0.2) is 37.3 Å². The quantitative estimate of drug-likeness (QED) is 0.384. The monoisotopic (exact) mass is 462 g/mol. The molecule has 8 heteroatoms. The molecule has 0 aromatic heterocycles. The minimum absolute atomic E-state index is 0.0308. The molecule has 8 nitrogen and oxygen atoms in total. The molecule has 0 spiro atoms. The van der Waals surface area contributed by atoms with E-state index in [1.165, 1.54) is 16.9 Å². The molecule has 3 amide bonds. The third-order valence-corrected chi connectivity index (χ3v) is 6.97. The summed E-state index contributed by atoms with van der Waals surface area (Å²) < 4.78 is 10.9. The highest BCUT2D eigenvalue weighted by Crippen LogP contribution is 2.40. The molecule has 0 radical (unpaired) electrons. The number of para-hydroxylation sites is 2. The Morgan fingerprint density at radius 2 is 1.65 bits per heavy atom. The number of benzene rings is 2. The van der Waals surface area contributed by atoms with Crippen LogP contribution < -0.4 is 19.3 Å². The molecule has 2 heterocycles. The molecule has 2 aliphatic heterocycles. The van der Waals surface area contributed by atoms with Gasteiger partial charge in [0, 0.05) is 19.0 Å². The molecule has 2 aromatic rings. The van der Waals surface area contributed by atoms with Gasteiger partial charge >= 0.3 is 5.97 Å². The fraction of sp³-hybridized carbons (Fsp3) is 0.385. The maximum absolute atomic E-state index is 12.9. The molecule has 1 saturated carbocycles. The van der Waals surface area contributed by atoms with Crippen molar-refractivity contribution in [3.8, 4) is 11.5 Å². The van der Waals surface area contributed by atoms with Crippen LogP contribution >= 0.6 is 0 Å². The summed E-state index contributed by atoms with van der Waals surface area (Å²) in [4.78, 5) is 54.1. The lowest BCUT2D eigenvalue weighted by Gasteiger charge is -2.19. The summed E-state index contributed by atoms with van der Waals surface area (Å²) in [7, 11) is 1.53. The van der Waals surface area contributed by atoms with Crippen LogP contribution in [0.25, 0.3) is 0 Å². The number of anilines is 2. The van der Waals surface area contributed by atoms with E-state index in [0.29, 0.717) is 17.1 Å². The number of amides is 3. The molecule has 5 rings (SSSR count). The molecule has 1 aliphatic carbocycles. The Kier molecular flexibility index (Phi) is 5.81. The van der Waals surface area contributed by atoms with E-state index >= 15 is 0 Å². The molecular weight excluding hydrogens is 436 g/mol. The van der Waals surface area contributed by atoms with Crippen LogP contribution in [-0.2, 0) is 19.2 Å². The standard InChI is InChI=1S/C26H26N2O6/c1-33-22-12-5-4-11-21(22)27-15-16(13-23(27)29)26(32)34-18-8-6-7-17(14-18)28-24(30)19-9-2-3-10-20(19)25(28)31/h4-8,11-12,14,16,19-20H,2-3,9-10,13,15H2,1H3/t16-,19-,20+/m0/s1. The average Bonchev–Trinajstić information content (AvgIpc) is 3.36. The number of fused-ring (bicyclic) bond motifs is 1. The van der Waals surface area contributed by atoms with Gasteiger partial charge in [-0.05, 0) is 37.1 Å². The zero-order valence-corrected chi connectivity index (χ0v) is 18.9. The van der Waals surface area contributed by atoms with E-state index in [2.05, 4.69) is 0 Å². The first kappa shape index (κ1) is 22.1. The van der Waals surface area contributed by atoms with E-state index in [4.69, 9.17) is 9.47 Å². The van der Waals surface area contributed by atoms with Gasteiger partial charge in [-0.3, -0.25) is 19.2 Å². The van der Waals surface area contributed by atoms with Crippen molar-refractivity contribution in [2.75, 3.05) is 23.5 Å². The summed E-state index contributed by atoms with van der Waals surface area (Å²) in [6.07, 6.45) is 3.41. The van der Waals surface area contributed by atoms with Crippen LogP contribution in [0.2, 0.25) is 0 Å². The number of hydrogen-bond acceptors (Lipinski definition) is 6. The van der Waals surface area contributed by atoms with Gasteiger partial charge in [0.1, 0.15) is 11.5 Å². The SMILES string of the molecule is COc1ccccc1N1C[C@@H](C(=O)Oc2cccc(N3C(=O)[C@H]4CCCC[C@H]4C3=O)c2)CC1=O. The van der Waals surface area contributed by atoms with Gasteiger partial charge in [0.05, 0.1) is 36.2 Å². The largest absolute Gasteiger partial charge is 0.495 e. The lowest BCUT2D eigenvalue weighted by molar-refractivity contribution is -0.139. The van der Waals surface area contributed by atoms with E-state index in [1.54, 1.807) is 42.5 Å². The van der Waals surface area contributed by atoms with Gasteiger partial charge in [0.25, 0.3) is 0 Å². The van der Waals surface area contributed by atoms with E-state index in [9.17, 15) is 19.2 Å². The molecule has 176 valence electrons. The van der Waals surface area contributed by atoms with Gasteiger partial charge in [-0.2, -0.15) is 0 Å². The van der Waals surface area contributed by atoms with Crippen molar-refractivity contribution in [3.63, 3.8) is 0 Å². The van der Waals surface area contributed by atoms with Gasteiger partial charge in [0.15, 0.2) is 0 Å². The second-order valence-electron chi connectivity index (χ2n) is 9.01. The number of nitrogens with zero attached hydrogens (tertiary/aromatic N) is 2. The number of hydrogen-bond donors (Lipinski definition) is 0. The van der Waals surface area contributed by atoms with E-state index in [1.807, 2.05) is 6.07 Å². The summed E-state index contributed by atoms with van der Waals surface area (Å²) in [5.41, 5.74) is 1.02. The van der Waals surface area contributed by atoms with Gasteiger partial charge < -0.3 is 14.4 Å². The highest BCUT2D eigenvalue weighted by molar-refractivity contribution is 6.22. The first-order chi connectivity index (χ1) is 16.5. The number of ether oxygens (including phenoxy) is 2. The first-order valence-electron chi connectivity index (χ1n) is 11.6. The van der Waals surface area contributed by atoms with Crippen molar-refractivity contribution < 1.29 is 28.7 Å². The predicted octanol–water partition coefficient (Wildman–Crippen LogP) is 3.33. The molecule has 3 aliphatic rings.